The highest BCUT2D eigenvalue weighted by Crippen LogP contribution is 2.37. The van der Waals surface area contributed by atoms with Crippen LogP contribution in [0.25, 0.3) is 11.1 Å². The number of anilines is 2. The van der Waals surface area contributed by atoms with Crippen LogP contribution in [0.4, 0.5) is 20.3 Å². The summed E-state index contributed by atoms with van der Waals surface area (Å²) in [7, 11) is 1.55. The van der Waals surface area contributed by atoms with E-state index in [2.05, 4.69) is 25.0 Å². The van der Waals surface area contributed by atoms with Gasteiger partial charge in [-0.25, -0.2) is 9.67 Å². The molecule has 35 heavy (non-hydrogen) atoms. The predicted octanol–water partition coefficient (Wildman–Crippen LogP) is 3.24. The Hall–Kier alpha value is -3.57. The van der Waals surface area contributed by atoms with Crippen LogP contribution in [0, 0.1) is 0 Å². The van der Waals surface area contributed by atoms with Crippen LogP contribution >= 0.6 is 11.6 Å². The number of aromatic nitrogens is 3. The van der Waals surface area contributed by atoms with Crippen LogP contribution in [0.5, 0.6) is 5.75 Å². The zero-order valence-corrected chi connectivity index (χ0v) is 19.2. The maximum absolute atomic E-state index is 13.0. The van der Waals surface area contributed by atoms with Gasteiger partial charge in [-0.1, -0.05) is 0 Å². The Morgan fingerprint density at radius 3 is 2.66 bits per heavy atom. The molecule has 1 N–H and O–H groups in total. The van der Waals surface area contributed by atoms with E-state index < -0.39 is 11.5 Å². The molecule has 2 aromatic heterocycles. The Balaban J connectivity index is 1.44. The van der Waals surface area contributed by atoms with Crippen molar-refractivity contribution in [1.29, 1.82) is 0 Å². The van der Waals surface area contributed by atoms with Crippen molar-refractivity contribution in [2.75, 3.05) is 23.4 Å². The van der Waals surface area contributed by atoms with Crippen LogP contribution in [0.15, 0.2) is 53.6 Å². The van der Waals surface area contributed by atoms with Crippen LogP contribution in [-0.2, 0) is 11.8 Å². The lowest BCUT2D eigenvalue weighted by molar-refractivity contribution is -0.0964. The lowest BCUT2D eigenvalue weighted by Crippen LogP contribution is -2.38. The fourth-order valence-corrected chi connectivity index (χ4v) is 4.33. The maximum Gasteiger partial charge on any atom is 0.487 e. The number of amides is 1. The van der Waals surface area contributed by atoms with Crippen LogP contribution < -0.4 is 20.5 Å². The Morgan fingerprint density at radius 2 is 2.03 bits per heavy atom. The fourth-order valence-electron chi connectivity index (χ4n) is 4.24. The molecule has 0 spiro atoms. The monoisotopic (exact) mass is 503 g/mol. The third kappa shape index (κ3) is 4.96. The molecule has 1 aromatic carbocycles. The van der Waals surface area contributed by atoms with Gasteiger partial charge in [-0.15, -0.1) is 8.78 Å². The third-order valence-corrected chi connectivity index (χ3v) is 6.00. The van der Waals surface area contributed by atoms with E-state index in [4.69, 9.17) is 16.3 Å². The molecule has 5 rings (SSSR count). The number of carbonyl (C=O) groups excluding carboxylic acids is 1. The normalized spacial score (nSPS) is 19.1. The van der Waals surface area contributed by atoms with E-state index in [9.17, 15) is 18.4 Å². The summed E-state index contributed by atoms with van der Waals surface area (Å²) in [6.07, 6.45) is 4.04. The number of hydrogen-bond donors (Lipinski definition) is 1. The zero-order chi connectivity index (χ0) is 24.7. The number of alkyl halides is 3. The first kappa shape index (κ1) is 23.2. The lowest BCUT2D eigenvalue weighted by Gasteiger charge is -2.29. The number of benzene rings is 1. The molecule has 0 aliphatic carbocycles. The van der Waals surface area contributed by atoms with E-state index in [1.54, 1.807) is 19.3 Å². The van der Waals surface area contributed by atoms with Gasteiger partial charge in [-0.3, -0.25) is 9.59 Å². The number of morpholine rings is 1. The van der Waals surface area contributed by atoms with E-state index in [0.29, 0.717) is 35.8 Å². The molecule has 0 unspecified atom stereocenters. The number of pyridine rings is 1. The number of fused-ring (bicyclic) bond motifs is 2. The maximum atomic E-state index is 13.0. The summed E-state index contributed by atoms with van der Waals surface area (Å²) < 4.78 is 36.8. The van der Waals surface area contributed by atoms with Crippen molar-refractivity contribution in [3.8, 4) is 16.9 Å². The molecule has 2 bridgehead atoms. The molecule has 0 radical (unpaired) electrons. The summed E-state index contributed by atoms with van der Waals surface area (Å²) in [5, 5.41) is 6.80. The smallest absolute Gasteiger partial charge is 0.420 e. The van der Waals surface area contributed by atoms with Crippen LogP contribution in [0.3, 0.4) is 0 Å². The standard InChI is InChI=1S/C23H20ClF2N5O4/c1-30-20(32)7-13(10-28-30)19-6-14(9-27-21(19)31-11-18-8-16(31)12-34-18)22(33)29-15-2-4-17(5-3-15)35-23(24,25)26/h2-7,9-10,16,18H,8,11-12H2,1H3,(H,29,33)/t16-,18-/m1/s1. The first-order valence-corrected chi connectivity index (χ1v) is 11.1. The summed E-state index contributed by atoms with van der Waals surface area (Å²) in [6, 6.07) is 8.61. The van der Waals surface area contributed by atoms with Crippen molar-refractivity contribution in [3.05, 3.63) is 64.7 Å². The molecule has 3 aromatic rings. The minimum absolute atomic E-state index is 0.130. The van der Waals surface area contributed by atoms with Crippen molar-refractivity contribution < 1.29 is 23.0 Å². The largest absolute Gasteiger partial charge is 0.487 e. The topological polar surface area (TPSA) is 98.6 Å². The molecule has 2 aliphatic rings. The Labute approximate surface area is 203 Å². The summed E-state index contributed by atoms with van der Waals surface area (Å²) in [4.78, 5) is 31.9. The Bertz CT molecular complexity index is 1330. The van der Waals surface area contributed by atoms with E-state index in [-0.39, 0.29) is 29.0 Å². The van der Waals surface area contributed by atoms with Gasteiger partial charge >= 0.3 is 5.57 Å². The van der Waals surface area contributed by atoms with Crippen LogP contribution in [-0.4, -0.2) is 51.5 Å². The quantitative estimate of drug-likeness (QED) is 0.516. The summed E-state index contributed by atoms with van der Waals surface area (Å²) >= 11 is 4.77. The molecular weight excluding hydrogens is 484 g/mol. The zero-order valence-electron chi connectivity index (χ0n) is 18.5. The van der Waals surface area contributed by atoms with Crippen molar-refractivity contribution in [2.45, 2.75) is 24.1 Å². The summed E-state index contributed by atoms with van der Waals surface area (Å²) in [5.74, 6) is 0.0268. The second kappa shape index (κ2) is 8.90. The van der Waals surface area contributed by atoms with Gasteiger partial charge in [-0.2, -0.15) is 5.10 Å². The van der Waals surface area contributed by atoms with Gasteiger partial charge in [0.25, 0.3) is 11.5 Å². The molecule has 12 heteroatoms. The Morgan fingerprint density at radius 1 is 1.26 bits per heavy atom. The highest BCUT2D eigenvalue weighted by atomic mass is 35.5. The van der Waals surface area contributed by atoms with Crippen molar-refractivity contribution >= 4 is 29.0 Å². The number of nitrogens with zero attached hydrogens (tertiary/aromatic N) is 4. The van der Waals surface area contributed by atoms with Crippen molar-refractivity contribution in [3.63, 3.8) is 0 Å². The molecular formula is C23H20ClF2N5O4. The van der Waals surface area contributed by atoms with Crippen molar-refractivity contribution in [1.82, 2.24) is 14.8 Å². The number of halogens is 3. The predicted molar refractivity (Wildman–Crippen MR) is 124 cm³/mol. The van der Waals surface area contributed by atoms with Gasteiger partial charge < -0.3 is 19.7 Å². The van der Waals surface area contributed by atoms with Gasteiger partial charge in [0.15, 0.2) is 0 Å². The molecule has 182 valence electrons. The minimum atomic E-state index is -3.83. The van der Waals surface area contributed by atoms with Gasteiger partial charge in [0.1, 0.15) is 11.6 Å². The SMILES string of the molecule is Cn1ncc(-c2cc(C(=O)Nc3ccc(OC(F)(F)Cl)cc3)cnc2N2C[C@H]3C[C@@H]2CO3)cc1=O. The molecule has 2 fully saturated rings. The molecule has 2 atom stereocenters. The van der Waals surface area contributed by atoms with E-state index in [0.717, 1.165) is 6.42 Å². The number of ether oxygens (including phenoxy) is 2. The number of nitrogens with one attached hydrogen (secondary N) is 1. The van der Waals surface area contributed by atoms with Gasteiger partial charge in [0.2, 0.25) is 0 Å². The van der Waals surface area contributed by atoms with E-state index in [1.807, 2.05) is 0 Å². The second-order valence-corrected chi connectivity index (χ2v) is 8.76. The highest BCUT2D eigenvalue weighted by molar-refractivity contribution is 6.20. The molecule has 4 heterocycles. The molecule has 0 saturated carbocycles. The van der Waals surface area contributed by atoms with Gasteiger partial charge in [-0.05, 0) is 36.8 Å². The second-order valence-electron chi connectivity index (χ2n) is 8.32. The minimum Gasteiger partial charge on any atom is -0.420 e. The molecule has 2 saturated heterocycles. The third-order valence-electron chi connectivity index (χ3n) is 5.93. The van der Waals surface area contributed by atoms with Crippen LogP contribution in [0.1, 0.15) is 16.8 Å². The van der Waals surface area contributed by atoms with Crippen molar-refractivity contribution in [2.24, 2.45) is 7.05 Å². The van der Waals surface area contributed by atoms with Gasteiger partial charge in [0, 0.05) is 54.3 Å². The van der Waals surface area contributed by atoms with E-state index in [1.165, 1.54) is 41.2 Å². The molecule has 2 aliphatic heterocycles. The highest BCUT2D eigenvalue weighted by Gasteiger charge is 2.40. The first-order chi connectivity index (χ1) is 16.7. The lowest BCUT2D eigenvalue weighted by atomic mass is 10.1. The Kier molecular flexibility index (Phi) is 5.89. The van der Waals surface area contributed by atoms with E-state index >= 15 is 0 Å². The average Bonchev–Trinajstić information content (AvgIpc) is 3.45. The average molecular weight is 504 g/mol. The molecule has 1 amide bonds. The summed E-state index contributed by atoms with van der Waals surface area (Å²) in [6.45, 7) is 1.27. The first-order valence-electron chi connectivity index (χ1n) is 10.8. The summed E-state index contributed by atoms with van der Waals surface area (Å²) in [5.41, 5.74) is -2.38. The fraction of sp³-hybridized carbons (Fsp3) is 0.304. The van der Waals surface area contributed by atoms with Crippen LogP contribution in [0.2, 0.25) is 0 Å². The molecule has 9 nitrogen and oxygen atoms in total. The number of aryl methyl sites for hydroxylation is 1. The van der Waals surface area contributed by atoms with Gasteiger partial charge in [0.05, 0.1) is 30.5 Å². The number of carbonyl (C=O) groups is 1. The number of rotatable bonds is 6. The number of hydrogen-bond acceptors (Lipinski definition) is 7.